The molecule has 3 nitrogen and oxygen atoms in total. The molecule has 0 aliphatic rings. The van der Waals surface area contributed by atoms with E-state index in [9.17, 15) is 0 Å². The molecule has 0 aliphatic heterocycles. The lowest BCUT2D eigenvalue weighted by atomic mass is 10.0. The Morgan fingerprint density at radius 3 is 2.53 bits per heavy atom. The first-order chi connectivity index (χ1) is 9.13. The number of ether oxygens (including phenoxy) is 1. The van der Waals surface area contributed by atoms with Gasteiger partial charge in [0.15, 0.2) is 0 Å². The number of hydrogen-bond donors (Lipinski definition) is 2. The molecule has 1 atom stereocenters. The summed E-state index contributed by atoms with van der Waals surface area (Å²) in [7, 11) is 1.63. The highest BCUT2D eigenvalue weighted by Gasteiger charge is 2.11. The van der Waals surface area contributed by atoms with Crippen molar-refractivity contribution in [2.75, 3.05) is 18.2 Å². The number of benzene rings is 2. The number of anilines is 2. The van der Waals surface area contributed by atoms with E-state index < -0.39 is 0 Å². The Labute approximate surface area is 114 Å². The molecule has 0 heterocycles. The number of nitrogen functional groups attached to an aromatic ring is 1. The quantitative estimate of drug-likeness (QED) is 0.819. The summed E-state index contributed by atoms with van der Waals surface area (Å²) in [5.41, 5.74) is 10.1. The summed E-state index contributed by atoms with van der Waals surface area (Å²) in [4.78, 5) is 0. The number of hydrogen-bond acceptors (Lipinski definition) is 3. The molecule has 0 radical (unpaired) electrons. The van der Waals surface area contributed by atoms with Gasteiger partial charge in [0, 0.05) is 6.04 Å². The number of nitrogens with one attached hydrogen (secondary N) is 1. The van der Waals surface area contributed by atoms with Crippen molar-refractivity contribution in [2.24, 2.45) is 0 Å². The maximum Gasteiger partial charge on any atom is 0.143 e. The molecule has 0 saturated heterocycles. The first-order valence-electron chi connectivity index (χ1n) is 6.38. The molecule has 0 spiro atoms. The third kappa shape index (κ3) is 2.81. The normalized spacial score (nSPS) is 11.9. The van der Waals surface area contributed by atoms with Gasteiger partial charge < -0.3 is 15.8 Å². The summed E-state index contributed by atoms with van der Waals surface area (Å²) in [5, 5.41) is 3.44. The van der Waals surface area contributed by atoms with Crippen LogP contribution in [0.2, 0.25) is 0 Å². The summed E-state index contributed by atoms with van der Waals surface area (Å²) >= 11 is 0. The monoisotopic (exact) mass is 256 g/mol. The van der Waals surface area contributed by atoms with Gasteiger partial charge in [0.05, 0.1) is 18.5 Å². The van der Waals surface area contributed by atoms with Gasteiger partial charge in [-0.2, -0.15) is 0 Å². The van der Waals surface area contributed by atoms with Crippen molar-refractivity contribution in [3.8, 4) is 5.75 Å². The average molecular weight is 256 g/mol. The third-order valence-corrected chi connectivity index (χ3v) is 3.31. The number of rotatable bonds is 4. The van der Waals surface area contributed by atoms with E-state index in [0.29, 0.717) is 11.4 Å². The molecular weight excluding hydrogens is 236 g/mol. The van der Waals surface area contributed by atoms with Crippen LogP contribution >= 0.6 is 0 Å². The zero-order valence-corrected chi connectivity index (χ0v) is 11.6. The van der Waals surface area contributed by atoms with E-state index in [1.165, 1.54) is 11.1 Å². The number of para-hydroxylation sites is 1. The van der Waals surface area contributed by atoms with Gasteiger partial charge in [-0.15, -0.1) is 0 Å². The second-order valence-electron chi connectivity index (χ2n) is 4.64. The Kier molecular flexibility index (Phi) is 3.95. The van der Waals surface area contributed by atoms with Crippen LogP contribution in [0.3, 0.4) is 0 Å². The molecule has 1 unspecified atom stereocenters. The Morgan fingerprint density at radius 2 is 1.84 bits per heavy atom. The number of nitrogens with two attached hydrogens (primary N) is 1. The van der Waals surface area contributed by atoms with Crippen molar-refractivity contribution in [1.29, 1.82) is 0 Å². The maximum absolute atomic E-state index is 6.07. The number of methoxy groups -OCH3 is 1. The molecule has 2 aromatic carbocycles. The summed E-state index contributed by atoms with van der Waals surface area (Å²) in [6, 6.07) is 14.3. The van der Waals surface area contributed by atoms with Crippen molar-refractivity contribution in [2.45, 2.75) is 19.9 Å². The van der Waals surface area contributed by atoms with Gasteiger partial charge in [0.2, 0.25) is 0 Å². The zero-order chi connectivity index (χ0) is 13.8. The minimum absolute atomic E-state index is 0.190. The van der Waals surface area contributed by atoms with Crippen LogP contribution in [0.5, 0.6) is 5.75 Å². The molecule has 0 bridgehead atoms. The highest BCUT2D eigenvalue weighted by molar-refractivity contribution is 5.73. The van der Waals surface area contributed by atoms with Gasteiger partial charge >= 0.3 is 0 Å². The fourth-order valence-electron chi connectivity index (χ4n) is 2.23. The lowest BCUT2D eigenvalue weighted by Crippen LogP contribution is -2.10. The van der Waals surface area contributed by atoms with E-state index >= 15 is 0 Å². The topological polar surface area (TPSA) is 47.3 Å². The van der Waals surface area contributed by atoms with Crippen LogP contribution in [0, 0.1) is 6.92 Å². The van der Waals surface area contributed by atoms with Crippen molar-refractivity contribution in [1.82, 2.24) is 0 Å². The molecule has 0 fully saturated rings. The van der Waals surface area contributed by atoms with Crippen LogP contribution in [-0.4, -0.2) is 7.11 Å². The van der Waals surface area contributed by atoms with Crippen molar-refractivity contribution in [3.05, 3.63) is 53.6 Å². The smallest absolute Gasteiger partial charge is 0.143 e. The Hall–Kier alpha value is -2.16. The molecule has 0 saturated carbocycles. The van der Waals surface area contributed by atoms with Crippen LogP contribution in [0.1, 0.15) is 24.1 Å². The maximum atomic E-state index is 6.07. The van der Waals surface area contributed by atoms with Crippen LogP contribution in [0.15, 0.2) is 42.5 Å². The third-order valence-electron chi connectivity index (χ3n) is 3.31. The average Bonchev–Trinajstić information content (AvgIpc) is 2.41. The van der Waals surface area contributed by atoms with E-state index in [0.717, 1.165) is 5.69 Å². The zero-order valence-electron chi connectivity index (χ0n) is 11.6. The lowest BCUT2D eigenvalue weighted by Gasteiger charge is -2.19. The molecular formula is C16H20N2O. The Morgan fingerprint density at radius 1 is 1.11 bits per heavy atom. The van der Waals surface area contributed by atoms with Gasteiger partial charge in [0.1, 0.15) is 5.75 Å². The summed E-state index contributed by atoms with van der Waals surface area (Å²) in [5.74, 6) is 0.696. The van der Waals surface area contributed by atoms with Crippen molar-refractivity contribution in [3.63, 3.8) is 0 Å². The minimum Gasteiger partial charge on any atom is -0.495 e. The Balaban J connectivity index is 2.24. The van der Waals surface area contributed by atoms with E-state index in [1.807, 2.05) is 24.3 Å². The standard InChI is InChI=1S/C16H20N2O/c1-11-7-4-5-8-13(11)12(2)18-14-9-6-10-15(19-3)16(14)17/h4-10,12,18H,17H2,1-3H3. The summed E-state index contributed by atoms with van der Waals surface area (Å²) in [6.07, 6.45) is 0. The van der Waals surface area contributed by atoms with Crippen molar-refractivity contribution < 1.29 is 4.74 Å². The van der Waals surface area contributed by atoms with Crippen LogP contribution in [0.4, 0.5) is 11.4 Å². The highest BCUT2D eigenvalue weighted by Crippen LogP contribution is 2.32. The second-order valence-corrected chi connectivity index (χ2v) is 4.64. The molecule has 0 amide bonds. The molecule has 2 rings (SSSR count). The van der Waals surface area contributed by atoms with E-state index in [-0.39, 0.29) is 6.04 Å². The van der Waals surface area contributed by atoms with Crippen LogP contribution in [0.25, 0.3) is 0 Å². The predicted molar refractivity (Wildman–Crippen MR) is 80.6 cm³/mol. The second kappa shape index (κ2) is 5.65. The van der Waals surface area contributed by atoms with E-state index in [1.54, 1.807) is 7.11 Å². The molecule has 3 N–H and O–H groups in total. The van der Waals surface area contributed by atoms with Gasteiger partial charge in [-0.3, -0.25) is 0 Å². The predicted octanol–water partition coefficient (Wildman–Crippen LogP) is 3.76. The van der Waals surface area contributed by atoms with E-state index in [2.05, 4.69) is 37.4 Å². The molecule has 3 heteroatoms. The van der Waals surface area contributed by atoms with Gasteiger partial charge in [-0.25, -0.2) is 0 Å². The van der Waals surface area contributed by atoms with Crippen LogP contribution < -0.4 is 15.8 Å². The SMILES string of the molecule is COc1cccc(NC(C)c2ccccc2C)c1N. The van der Waals surface area contributed by atoms with E-state index in [4.69, 9.17) is 10.5 Å². The molecule has 0 aromatic heterocycles. The largest absolute Gasteiger partial charge is 0.495 e. The molecule has 100 valence electrons. The molecule has 2 aromatic rings. The lowest BCUT2D eigenvalue weighted by molar-refractivity contribution is 0.417. The highest BCUT2D eigenvalue weighted by atomic mass is 16.5. The van der Waals surface area contributed by atoms with Crippen molar-refractivity contribution >= 4 is 11.4 Å². The fraction of sp³-hybridized carbons (Fsp3) is 0.250. The molecule has 0 aliphatic carbocycles. The minimum atomic E-state index is 0.190. The van der Waals surface area contributed by atoms with Crippen LogP contribution in [-0.2, 0) is 0 Å². The summed E-state index contributed by atoms with van der Waals surface area (Å²) < 4.78 is 5.23. The van der Waals surface area contributed by atoms with Gasteiger partial charge in [-0.05, 0) is 37.1 Å². The molecule has 19 heavy (non-hydrogen) atoms. The first-order valence-corrected chi connectivity index (χ1v) is 6.38. The summed E-state index contributed by atoms with van der Waals surface area (Å²) in [6.45, 7) is 4.24. The van der Waals surface area contributed by atoms with Gasteiger partial charge in [0.25, 0.3) is 0 Å². The fourth-order valence-corrected chi connectivity index (χ4v) is 2.23. The Bertz CT molecular complexity index is 566. The van der Waals surface area contributed by atoms with Gasteiger partial charge in [-0.1, -0.05) is 30.3 Å². The first kappa shape index (κ1) is 13.3. The number of aryl methyl sites for hydroxylation is 1.